The van der Waals surface area contributed by atoms with E-state index >= 15 is 0 Å². The van der Waals surface area contributed by atoms with Gasteiger partial charge in [-0.05, 0) is 35.4 Å². The second-order valence-corrected chi connectivity index (χ2v) is 4.79. The molecular formula is C17H13NO2. The molecule has 0 heterocycles. The summed E-state index contributed by atoms with van der Waals surface area (Å²) in [6.45, 7) is 1.77. The Labute approximate surface area is 116 Å². The van der Waals surface area contributed by atoms with Crippen molar-refractivity contribution in [2.45, 2.75) is 6.92 Å². The normalized spacial score (nSPS) is 10.7. The molecular weight excluding hydrogens is 250 g/mol. The molecule has 3 aromatic rings. The van der Waals surface area contributed by atoms with E-state index in [1.54, 1.807) is 19.1 Å². The van der Waals surface area contributed by atoms with Gasteiger partial charge in [0.15, 0.2) is 0 Å². The van der Waals surface area contributed by atoms with Crippen LogP contribution in [0.4, 0.5) is 5.69 Å². The predicted molar refractivity (Wildman–Crippen MR) is 80.8 cm³/mol. The van der Waals surface area contributed by atoms with Gasteiger partial charge in [0.05, 0.1) is 10.5 Å². The van der Waals surface area contributed by atoms with E-state index < -0.39 is 0 Å². The Morgan fingerprint density at radius 1 is 0.900 bits per heavy atom. The van der Waals surface area contributed by atoms with Crippen molar-refractivity contribution >= 4 is 16.5 Å². The lowest BCUT2D eigenvalue weighted by atomic mass is 9.98. The van der Waals surface area contributed by atoms with Gasteiger partial charge in [-0.25, -0.2) is 0 Å². The van der Waals surface area contributed by atoms with Gasteiger partial charge in [-0.1, -0.05) is 48.5 Å². The third kappa shape index (κ3) is 2.03. The van der Waals surface area contributed by atoms with Crippen LogP contribution in [0.1, 0.15) is 5.56 Å². The summed E-state index contributed by atoms with van der Waals surface area (Å²) >= 11 is 0. The minimum absolute atomic E-state index is 0.183. The number of para-hydroxylation sites is 1. The Hall–Kier alpha value is -2.68. The molecule has 0 aliphatic carbocycles. The van der Waals surface area contributed by atoms with Gasteiger partial charge in [0, 0.05) is 5.56 Å². The lowest BCUT2D eigenvalue weighted by Gasteiger charge is -2.07. The van der Waals surface area contributed by atoms with Crippen LogP contribution >= 0.6 is 0 Å². The van der Waals surface area contributed by atoms with Gasteiger partial charge >= 0.3 is 0 Å². The molecule has 0 saturated heterocycles. The molecule has 98 valence electrons. The second kappa shape index (κ2) is 4.78. The number of nitrogens with zero attached hydrogens (tertiary/aromatic N) is 1. The maximum absolute atomic E-state index is 11.3. The highest BCUT2D eigenvalue weighted by Crippen LogP contribution is 2.33. The third-order valence-corrected chi connectivity index (χ3v) is 3.48. The fourth-order valence-electron chi connectivity index (χ4n) is 2.49. The molecule has 3 aromatic carbocycles. The first-order valence-electron chi connectivity index (χ1n) is 6.40. The van der Waals surface area contributed by atoms with E-state index in [2.05, 4.69) is 0 Å². The molecule has 3 rings (SSSR count). The first-order chi connectivity index (χ1) is 9.66. The minimum Gasteiger partial charge on any atom is -0.258 e. The highest BCUT2D eigenvalue weighted by molar-refractivity contribution is 5.89. The van der Waals surface area contributed by atoms with Crippen molar-refractivity contribution in [3.63, 3.8) is 0 Å². The number of aryl methyl sites for hydroxylation is 1. The van der Waals surface area contributed by atoms with Crippen molar-refractivity contribution < 1.29 is 4.92 Å². The summed E-state index contributed by atoms with van der Waals surface area (Å²) in [7, 11) is 0. The number of nitro groups is 1. The lowest BCUT2D eigenvalue weighted by Crippen LogP contribution is -1.95. The van der Waals surface area contributed by atoms with Crippen molar-refractivity contribution in [1.29, 1.82) is 0 Å². The summed E-state index contributed by atoms with van der Waals surface area (Å²) in [6.07, 6.45) is 0. The molecule has 3 heteroatoms. The van der Waals surface area contributed by atoms with Crippen LogP contribution in [0, 0.1) is 17.0 Å². The van der Waals surface area contributed by atoms with Crippen LogP contribution in [-0.2, 0) is 0 Å². The molecule has 0 radical (unpaired) electrons. The van der Waals surface area contributed by atoms with E-state index in [9.17, 15) is 10.1 Å². The van der Waals surface area contributed by atoms with Gasteiger partial charge in [0.25, 0.3) is 5.69 Å². The molecule has 0 N–H and O–H groups in total. The quantitative estimate of drug-likeness (QED) is 0.495. The van der Waals surface area contributed by atoms with Crippen LogP contribution in [0.25, 0.3) is 21.9 Å². The summed E-state index contributed by atoms with van der Waals surface area (Å²) in [5, 5.41) is 13.5. The second-order valence-electron chi connectivity index (χ2n) is 4.79. The van der Waals surface area contributed by atoms with Gasteiger partial charge in [0.1, 0.15) is 0 Å². The van der Waals surface area contributed by atoms with Crippen molar-refractivity contribution in [3.05, 3.63) is 76.3 Å². The van der Waals surface area contributed by atoms with Gasteiger partial charge in [0.2, 0.25) is 0 Å². The zero-order valence-corrected chi connectivity index (χ0v) is 11.0. The largest absolute Gasteiger partial charge is 0.280 e. The fourth-order valence-corrected chi connectivity index (χ4v) is 2.49. The Balaban J connectivity index is 2.25. The zero-order valence-electron chi connectivity index (χ0n) is 11.0. The first kappa shape index (κ1) is 12.4. The molecule has 0 atom stereocenters. The highest BCUT2D eigenvalue weighted by atomic mass is 16.6. The van der Waals surface area contributed by atoms with Gasteiger partial charge in [-0.3, -0.25) is 10.1 Å². The first-order valence-corrected chi connectivity index (χ1v) is 6.40. The minimum atomic E-state index is -0.306. The summed E-state index contributed by atoms with van der Waals surface area (Å²) in [5.74, 6) is 0. The fraction of sp³-hybridized carbons (Fsp3) is 0.0588. The van der Waals surface area contributed by atoms with Crippen LogP contribution in [0.3, 0.4) is 0 Å². The topological polar surface area (TPSA) is 43.1 Å². The van der Waals surface area contributed by atoms with Crippen LogP contribution < -0.4 is 0 Å². The summed E-state index contributed by atoms with van der Waals surface area (Å²) in [6, 6.07) is 19.3. The molecule has 0 aliphatic rings. The van der Waals surface area contributed by atoms with Crippen LogP contribution in [0.5, 0.6) is 0 Å². The van der Waals surface area contributed by atoms with E-state index in [-0.39, 0.29) is 10.6 Å². The van der Waals surface area contributed by atoms with Crippen molar-refractivity contribution in [1.82, 2.24) is 0 Å². The molecule has 0 amide bonds. The average Bonchev–Trinajstić information content (AvgIpc) is 2.46. The summed E-state index contributed by atoms with van der Waals surface area (Å²) < 4.78 is 0. The summed E-state index contributed by atoms with van der Waals surface area (Å²) in [4.78, 5) is 11.0. The van der Waals surface area contributed by atoms with Crippen LogP contribution in [-0.4, -0.2) is 4.92 Å². The zero-order chi connectivity index (χ0) is 14.1. The lowest BCUT2D eigenvalue weighted by molar-refractivity contribution is -0.384. The maximum atomic E-state index is 11.3. The van der Waals surface area contributed by atoms with E-state index in [0.717, 1.165) is 16.3 Å². The highest BCUT2D eigenvalue weighted by Gasteiger charge is 2.17. The van der Waals surface area contributed by atoms with E-state index in [0.29, 0.717) is 11.1 Å². The van der Waals surface area contributed by atoms with E-state index in [1.165, 1.54) is 0 Å². The molecule has 20 heavy (non-hydrogen) atoms. The molecule has 0 unspecified atom stereocenters. The molecule has 0 saturated carbocycles. The maximum Gasteiger partial charge on any atom is 0.280 e. The smallest absolute Gasteiger partial charge is 0.258 e. The number of benzene rings is 3. The monoisotopic (exact) mass is 263 g/mol. The number of hydrogen-bond donors (Lipinski definition) is 0. The number of rotatable bonds is 2. The molecule has 0 fully saturated rings. The Morgan fingerprint density at radius 3 is 2.40 bits per heavy atom. The molecule has 0 aromatic heterocycles. The van der Waals surface area contributed by atoms with Crippen molar-refractivity contribution in [2.75, 3.05) is 0 Å². The SMILES string of the molecule is Cc1cccc(-c2ccc3ccccc3c2)c1[N+](=O)[O-]. The molecule has 0 aliphatic heterocycles. The van der Waals surface area contributed by atoms with Gasteiger partial charge in [-0.2, -0.15) is 0 Å². The molecule has 0 spiro atoms. The Morgan fingerprint density at radius 2 is 1.65 bits per heavy atom. The van der Waals surface area contributed by atoms with E-state index in [1.807, 2.05) is 48.5 Å². The third-order valence-electron chi connectivity index (χ3n) is 3.48. The van der Waals surface area contributed by atoms with Crippen molar-refractivity contribution in [2.24, 2.45) is 0 Å². The van der Waals surface area contributed by atoms with Gasteiger partial charge < -0.3 is 0 Å². The molecule has 3 nitrogen and oxygen atoms in total. The van der Waals surface area contributed by atoms with E-state index in [4.69, 9.17) is 0 Å². The standard InChI is InChI=1S/C17H13NO2/c1-12-5-4-8-16(17(12)18(19)20)15-10-9-13-6-2-3-7-14(13)11-15/h2-11H,1H3. The summed E-state index contributed by atoms with van der Waals surface area (Å²) in [5.41, 5.74) is 2.41. The average molecular weight is 263 g/mol. The number of fused-ring (bicyclic) bond motifs is 1. The number of nitro benzene ring substituents is 1. The Bertz CT molecular complexity index is 809. The molecule has 0 bridgehead atoms. The predicted octanol–water partition coefficient (Wildman–Crippen LogP) is 4.72. The Kier molecular flexibility index (Phi) is 2.95. The number of hydrogen-bond acceptors (Lipinski definition) is 2. The van der Waals surface area contributed by atoms with Crippen LogP contribution in [0.15, 0.2) is 60.7 Å². The van der Waals surface area contributed by atoms with Crippen LogP contribution in [0.2, 0.25) is 0 Å². The van der Waals surface area contributed by atoms with Gasteiger partial charge in [-0.15, -0.1) is 0 Å². The van der Waals surface area contributed by atoms with Crippen molar-refractivity contribution in [3.8, 4) is 11.1 Å².